The van der Waals surface area contributed by atoms with Gasteiger partial charge in [0.1, 0.15) is 17.9 Å². The molecule has 0 spiro atoms. The van der Waals surface area contributed by atoms with Crippen molar-refractivity contribution in [1.82, 2.24) is 82.9 Å². The van der Waals surface area contributed by atoms with Crippen molar-refractivity contribution in [1.29, 1.82) is 10.5 Å². The minimum atomic E-state index is -1.10. The maximum atomic E-state index is 14.2. The first-order chi connectivity index (χ1) is 46.2. The van der Waals surface area contributed by atoms with Crippen LogP contribution in [0.3, 0.4) is 0 Å². The maximum absolute atomic E-state index is 14.2. The highest BCUT2D eigenvalue weighted by molar-refractivity contribution is 5.96. The second kappa shape index (κ2) is 29.5. The molecule has 5 aliphatic rings. The van der Waals surface area contributed by atoms with Crippen molar-refractivity contribution in [3.63, 3.8) is 0 Å². The van der Waals surface area contributed by atoms with E-state index in [0.717, 1.165) is 88.6 Å². The van der Waals surface area contributed by atoms with E-state index in [-0.39, 0.29) is 67.0 Å². The molecule has 4 heterocycles. The van der Waals surface area contributed by atoms with E-state index in [1.807, 2.05) is 60.7 Å². The lowest BCUT2D eigenvalue weighted by molar-refractivity contribution is -0.131. The van der Waals surface area contributed by atoms with E-state index in [9.17, 15) is 43.7 Å². The molecule has 95 heavy (non-hydrogen) atoms. The molecule has 0 unspecified atom stereocenters. The molecular weight excluding hydrogens is 1210 g/mol. The molecule has 2 aromatic heterocycles. The van der Waals surface area contributed by atoms with Crippen molar-refractivity contribution in [3.8, 4) is 12.1 Å². The third-order valence-electron chi connectivity index (χ3n) is 20.0. The molecular formula is C70H79FN18O6. The fourth-order valence-corrected chi connectivity index (χ4v) is 15.2. The van der Waals surface area contributed by atoms with Gasteiger partial charge in [-0.25, -0.2) is 4.39 Å². The number of tetrazole rings is 2. The van der Waals surface area contributed by atoms with Gasteiger partial charge in [0.2, 0.25) is 11.8 Å². The van der Waals surface area contributed by atoms with Gasteiger partial charge in [0.25, 0.3) is 23.6 Å². The Kier molecular flexibility index (Phi) is 20.6. The van der Waals surface area contributed by atoms with Crippen LogP contribution in [0.15, 0.2) is 97.1 Å². The molecule has 2 saturated heterocycles. The third kappa shape index (κ3) is 13.5. The van der Waals surface area contributed by atoms with Crippen LogP contribution in [-0.4, -0.2) is 159 Å². The molecule has 6 amide bonds. The first-order valence-electron chi connectivity index (χ1n) is 32.7. The molecule has 24 nitrogen and oxygen atoms in total. The number of hydrogen-bond acceptors (Lipinski definition) is 16. The van der Waals surface area contributed by atoms with Crippen LogP contribution in [0.4, 0.5) is 4.39 Å². The summed E-state index contributed by atoms with van der Waals surface area (Å²) < 4.78 is 14.2. The Morgan fingerprint density at radius 3 is 1.28 bits per heavy atom. The fourth-order valence-electron chi connectivity index (χ4n) is 15.2. The van der Waals surface area contributed by atoms with Crippen LogP contribution >= 0.6 is 0 Å². The largest absolute Gasteiger partial charge is 0.355 e. The van der Waals surface area contributed by atoms with E-state index in [4.69, 9.17) is 0 Å². The van der Waals surface area contributed by atoms with Crippen LogP contribution in [0.2, 0.25) is 0 Å². The Hall–Kier alpha value is -10.1. The van der Waals surface area contributed by atoms with Gasteiger partial charge in [0, 0.05) is 75.6 Å². The topological polar surface area (TPSA) is 338 Å². The molecule has 7 aromatic rings. The Bertz CT molecular complexity index is 3910. The molecule has 12 rings (SSSR count). The molecule has 1 saturated carbocycles. The second-order valence-electron chi connectivity index (χ2n) is 25.1. The zero-order valence-electron chi connectivity index (χ0n) is 53.9. The summed E-state index contributed by atoms with van der Waals surface area (Å²) in [4.78, 5) is 81.3. The van der Waals surface area contributed by atoms with Crippen molar-refractivity contribution in [2.24, 2.45) is 5.92 Å². The number of hydrogen-bond donors (Lipinski definition) is 8. The van der Waals surface area contributed by atoms with Crippen LogP contribution in [-0.2, 0) is 46.1 Å². The van der Waals surface area contributed by atoms with Crippen molar-refractivity contribution in [3.05, 3.63) is 187 Å². The first kappa shape index (κ1) is 66.3. The highest BCUT2D eigenvalue weighted by atomic mass is 19.1. The molecule has 4 atom stereocenters. The number of halogens is 1. The molecule has 2 aliphatic heterocycles. The zero-order chi connectivity index (χ0) is 66.8. The monoisotopic (exact) mass is 1290 g/mol. The van der Waals surface area contributed by atoms with Gasteiger partial charge in [-0.2, -0.15) is 21.0 Å². The molecule has 5 aromatic carbocycles. The number of nitrogens with zero attached hydrogens (tertiary/aromatic N) is 10. The number of H-pyrrole nitrogens is 2. The highest BCUT2D eigenvalue weighted by Crippen LogP contribution is 2.51. The number of nitrogens with one attached hydrogen (secondary N) is 8. The lowest BCUT2D eigenvalue weighted by Gasteiger charge is -2.40. The summed E-state index contributed by atoms with van der Waals surface area (Å²) >= 11 is 0. The Morgan fingerprint density at radius 2 is 0.916 bits per heavy atom. The molecule has 3 fully saturated rings. The number of fused-ring (bicyclic) bond motifs is 4. The van der Waals surface area contributed by atoms with Gasteiger partial charge >= 0.3 is 0 Å². The number of carbonyl (C=O) groups is 6. The van der Waals surface area contributed by atoms with E-state index >= 15 is 0 Å². The summed E-state index contributed by atoms with van der Waals surface area (Å²) in [5.74, 6) is -0.291. The van der Waals surface area contributed by atoms with Gasteiger partial charge in [0.05, 0.1) is 36.1 Å². The van der Waals surface area contributed by atoms with Crippen molar-refractivity contribution >= 4 is 35.4 Å². The van der Waals surface area contributed by atoms with E-state index in [1.165, 1.54) is 18.6 Å². The van der Waals surface area contributed by atoms with Gasteiger partial charge in [0.15, 0.2) is 11.6 Å². The molecule has 25 heteroatoms. The molecule has 492 valence electrons. The van der Waals surface area contributed by atoms with Crippen molar-refractivity contribution in [2.75, 3.05) is 54.4 Å². The van der Waals surface area contributed by atoms with Gasteiger partial charge in [-0.15, -0.1) is 20.4 Å². The summed E-state index contributed by atoms with van der Waals surface area (Å²) in [5.41, 5.74) is 8.26. The zero-order valence-corrected chi connectivity index (χ0v) is 53.9. The normalized spacial score (nSPS) is 18.2. The van der Waals surface area contributed by atoms with Crippen LogP contribution in [0.1, 0.15) is 180 Å². The van der Waals surface area contributed by atoms with Crippen LogP contribution in [0, 0.1) is 34.4 Å². The molecule has 0 radical (unpaired) electrons. The predicted octanol–water partition coefficient (Wildman–Crippen LogP) is 5.52. The quantitative estimate of drug-likeness (QED) is 0.0524. The van der Waals surface area contributed by atoms with E-state index in [0.29, 0.717) is 97.9 Å². The number of aromatic nitrogens is 8. The number of likely N-dealkylation sites (tertiary alicyclic amines) is 2. The van der Waals surface area contributed by atoms with Crippen molar-refractivity contribution in [2.45, 2.75) is 131 Å². The fraction of sp³-hybridized carbons (Fsp3) is 0.429. The summed E-state index contributed by atoms with van der Waals surface area (Å²) in [7, 11) is 6.40. The number of amides is 6. The second-order valence-corrected chi connectivity index (χ2v) is 25.1. The number of aromatic amines is 2. The summed E-state index contributed by atoms with van der Waals surface area (Å²) in [6, 6.07) is 31.8. The standard InChI is InChI=1S/C35H36FN9O3.C35H43N9O3/c1-38-32(47)24-9-13-28-22(16-24)5-6-23-17-25(33(48)39-2)10-14-29(23)35(28,34-41-43-44-42-34)18-30(21-7-11-26(36)12-8-21)40-20-31(46)45-15-3-4-27(45)19-37;1-37-32(46)25-12-14-28-23(17-25)10-11-24-18-26(33(47)38-2)13-15-29(24)35(28,34-40-42-43-41-34)19-30(22-7-4-3-5-8-22)39-21-31(45)44-16-6-9-27(44)20-36/h7-14,16-17,27,30,40H,3-6,15,18,20H2,1-2H3,(H,38,47)(H,39,48)(H,41,42,43,44);12-15,17-18,22,27,30,39H,3-11,16,19,21H2,1-2H3,(H,37,46)(H,38,47)(H,40,41,42,43)/t2*27-,30-/m00/s1. The lowest BCUT2D eigenvalue weighted by Crippen LogP contribution is -2.49. The first-order valence-corrected chi connectivity index (χ1v) is 32.7. The van der Waals surface area contributed by atoms with Crippen LogP contribution in [0.5, 0.6) is 0 Å². The highest BCUT2D eigenvalue weighted by Gasteiger charge is 2.49. The average molecular weight is 1290 g/mol. The van der Waals surface area contributed by atoms with Gasteiger partial charge in [-0.05, 0) is 194 Å². The number of nitriles is 2. The van der Waals surface area contributed by atoms with Gasteiger partial charge in [-0.1, -0.05) is 66.1 Å². The Morgan fingerprint density at radius 1 is 0.526 bits per heavy atom. The molecule has 0 bridgehead atoms. The molecule has 8 N–H and O–H groups in total. The number of carbonyl (C=O) groups excluding carboxylic acids is 6. The third-order valence-corrected chi connectivity index (χ3v) is 20.0. The SMILES string of the molecule is CNC(=O)c1ccc2c(c1)CCc1cc(C(=O)NC)ccc1C2(C[C@H](NCC(=O)N1CCC[C@H]1C#N)C1CCCCC1)c1nn[nH]n1.CNC(=O)c1ccc2c(c1)CCc1cc(C(=O)NC)ccc1C2(C[C@H](NCC(=O)N1CCC[C@H]1C#N)c1ccc(F)cc1)c1nn[nH]n1. The minimum absolute atomic E-state index is 0.0597. The van der Waals surface area contributed by atoms with Crippen LogP contribution in [0.25, 0.3) is 0 Å². The predicted molar refractivity (Wildman–Crippen MR) is 348 cm³/mol. The van der Waals surface area contributed by atoms with Crippen LogP contribution < -0.4 is 31.9 Å². The van der Waals surface area contributed by atoms with Gasteiger partial charge < -0.3 is 41.7 Å². The average Bonchev–Trinajstić information content (AvgIpc) is 1.70. The summed E-state index contributed by atoms with van der Waals surface area (Å²) in [5, 5.41) is 68.8. The van der Waals surface area contributed by atoms with E-state index in [2.05, 4.69) is 85.3 Å². The smallest absolute Gasteiger partial charge is 0.251 e. The Labute approximate surface area is 550 Å². The maximum Gasteiger partial charge on any atom is 0.251 e. The van der Waals surface area contributed by atoms with E-state index in [1.54, 1.807) is 62.3 Å². The Balaban J connectivity index is 0.000000193. The number of rotatable bonds is 18. The van der Waals surface area contributed by atoms with Crippen molar-refractivity contribution < 1.29 is 33.2 Å². The summed E-state index contributed by atoms with van der Waals surface area (Å²) in [6.45, 7) is 1.18. The summed E-state index contributed by atoms with van der Waals surface area (Å²) in [6.07, 6.45) is 11.6. The van der Waals surface area contributed by atoms with E-state index < -0.39 is 28.7 Å². The minimum Gasteiger partial charge on any atom is -0.355 e. The number of aryl methyl sites for hydroxylation is 4. The lowest BCUT2D eigenvalue weighted by atomic mass is 9.65. The number of benzene rings is 5. The molecule has 3 aliphatic carbocycles. The van der Waals surface area contributed by atoms with Gasteiger partial charge in [-0.3, -0.25) is 28.8 Å².